The zero-order valence-corrected chi connectivity index (χ0v) is 23.6. The number of nitrogens with zero attached hydrogens (tertiary/aromatic N) is 8. The second-order valence-corrected chi connectivity index (χ2v) is 10.9. The third-order valence-corrected chi connectivity index (χ3v) is 7.88. The van der Waals surface area contributed by atoms with Crippen molar-refractivity contribution in [1.29, 1.82) is 0 Å². The van der Waals surface area contributed by atoms with Gasteiger partial charge in [-0.15, -0.1) is 10.2 Å². The molecule has 2 amide bonds. The Morgan fingerprint density at radius 1 is 1.00 bits per heavy atom. The highest BCUT2D eigenvalue weighted by Gasteiger charge is 2.43. The molecule has 0 bridgehead atoms. The molecule has 3 aromatic heterocycles. The summed E-state index contributed by atoms with van der Waals surface area (Å²) in [5, 5.41) is 14.0. The van der Waals surface area contributed by atoms with Crippen LogP contribution in [-0.2, 0) is 4.79 Å². The summed E-state index contributed by atoms with van der Waals surface area (Å²) in [6, 6.07) is 17.1. The smallest absolute Gasteiger partial charge is 0.350 e. The highest BCUT2D eigenvalue weighted by molar-refractivity contribution is 5.96. The second-order valence-electron chi connectivity index (χ2n) is 10.9. The summed E-state index contributed by atoms with van der Waals surface area (Å²) in [6.07, 6.45) is 0.651. The van der Waals surface area contributed by atoms with Crippen LogP contribution in [0.5, 0.6) is 0 Å². The van der Waals surface area contributed by atoms with Gasteiger partial charge in [-0.2, -0.15) is 8.78 Å². The van der Waals surface area contributed by atoms with Crippen molar-refractivity contribution in [3.05, 3.63) is 83.9 Å². The minimum atomic E-state index is -2.90. The lowest BCUT2D eigenvalue weighted by atomic mass is 10.0. The number of halogens is 3. The van der Waals surface area contributed by atoms with Crippen LogP contribution in [0.15, 0.2) is 71.3 Å². The van der Waals surface area contributed by atoms with Gasteiger partial charge in [0.25, 0.3) is 5.91 Å². The molecule has 3 atom stereocenters. The van der Waals surface area contributed by atoms with Gasteiger partial charge in [0.05, 0.1) is 12.0 Å². The van der Waals surface area contributed by atoms with Crippen molar-refractivity contribution < 1.29 is 27.2 Å². The predicted octanol–water partition coefficient (Wildman–Crippen LogP) is 4.12. The molecule has 0 radical (unpaired) electrons. The summed E-state index contributed by atoms with van der Waals surface area (Å²) in [6.45, 7) is -1.31. The van der Waals surface area contributed by atoms with E-state index in [1.54, 1.807) is 35.2 Å². The van der Waals surface area contributed by atoms with E-state index in [0.29, 0.717) is 48.5 Å². The van der Waals surface area contributed by atoms with E-state index in [0.717, 1.165) is 5.56 Å². The van der Waals surface area contributed by atoms with Crippen LogP contribution in [-0.4, -0.2) is 84.1 Å². The molecular weight excluding hydrogens is 591 g/mol. The van der Waals surface area contributed by atoms with Gasteiger partial charge in [0.15, 0.2) is 11.4 Å². The number of anilines is 1. The van der Waals surface area contributed by atoms with Crippen molar-refractivity contribution in [2.45, 2.75) is 25.2 Å². The fourth-order valence-corrected chi connectivity index (χ4v) is 5.41. The molecule has 1 aliphatic heterocycles. The minimum absolute atomic E-state index is 0.153. The molecular formula is C30H26F3N9O3. The van der Waals surface area contributed by atoms with Crippen molar-refractivity contribution in [3.63, 3.8) is 0 Å². The van der Waals surface area contributed by atoms with Gasteiger partial charge in [-0.3, -0.25) is 19.5 Å². The number of benzene rings is 2. The molecule has 1 saturated heterocycles. The molecule has 2 aliphatic rings. The zero-order chi connectivity index (χ0) is 31.1. The summed E-state index contributed by atoms with van der Waals surface area (Å²) < 4.78 is 45.5. The summed E-state index contributed by atoms with van der Waals surface area (Å²) in [7, 11) is 0. The number of hydrogen-bond donors (Lipinski definition) is 1. The first kappa shape index (κ1) is 28.6. The highest BCUT2D eigenvalue weighted by atomic mass is 19.3. The third-order valence-electron chi connectivity index (χ3n) is 7.88. The molecule has 230 valence electrons. The van der Waals surface area contributed by atoms with Crippen molar-refractivity contribution in [2.24, 2.45) is 5.92 Å². The Kier molecular flexibility index (Phi) is 7.45. The lowest BCUT2D eigenvalue weighted by Crippen LogP contribution is -2.50. The van der Waals surface area contributed by atoms with Crippen LogP contribution in [0.4, 0.5) is 18.9 Å². The number of amides is 2. The van der Waals surface area contributed by atoms with Crippen molar-refractivity contribution in [3.8, 4) is 11.5 Å². The molecule has 0 spiro atoms. The van der Waals surface area contributed by atoms with E-state index in [2.05, 4.69) is 30.7 Å². The van der Waals surface area contributed by atoms with E-state index in [-0.39, 0.29) is 40.4 Å². The predicted molar refractivity (Wildman–Crippen MR) is 154 cm³/mol. The van der Waals surface area contributed by atoms with Gasteiger partial charge in [0, 0.05) is 43.6 Å². The Labute approximate surface area is 253 Å². The third kappa shape index (κ3) is 5.85. The van der Waals surface area contributed by atoms with E-state index in [4.69, 9.17) is 4.42 Å². The fourth-order valence-electron chi connectivity index (χ4n) is 5.41. The van der Waals surface area contributed by atoms with Crippen molar-refractivity contribution in [2.75, 3.05) is 31.5 Å². The Balaban J connectivity index is 1.05. The second kappa shape index (κ2) is 11.7. The average molecular weight is 618 g/mol. The fraction of sp³-hybridized carbons (Fsp3) is 0.300. The van der Waals surface area contributed by atoms with Crippen LogP contribution in [0.3, 0.4) is 0 Å². The first-order valence-corrected chi connectivity index (χ1v) is 14.3. The van der Waals surface area contributed by atoms with Gasteiger partial charge < -0.3 is 14.6 Å². The van der Waals surface area contributed by atoms with Crippen LogP contribution in [0.2, 0.25) is 0 Å². The first-order valence-electron chi connectivity index (χ1n) is 14.3. The number of fused-ring (bicyclic) bond motifs is 1. The maximum atomic E-state index is 13.5. The first-order chi connectivity index (χ1) is 21.8. The van der Waals surface area contributed by atoms with Crippen LogP contribution >= 0.6 is 0 Å². The van der Waals surface area contributed by atoms with Gasteiger partial charge in [-0.1, -0.05) is 35.1 Å². The maximum Gasteiger partial charge on any atom is 0.350 e. The Morgan fingerprint density at radius 3 is 2.49 bits per heavy atom. The number of tetrazole rings is 1. The van der Waals surface area contributed by atoms with E-state index >= 15 is 0 Å². The summed E-state index contributed by atoms with van der Waals surface area (Å²) in [5.41, 5.74) is 3.04. The number of piperazine rings is 1. The molecule has 12 nitrogen and oxygen atoms in total. The number of nitrogens with one attached hydrogen (secondary N) is 1. The molecule has 2 aromatic carbocycles. The largest absolute Gasteiger partial charge is 0.436 e. The maximum absolute atomic E-state index is 13.5. The molecule has 1 aliphatic carbocycles. The molecule has 45 heavy (non-hydrogen) atoms. The van der Waals surface area contributed by atoms with Crippen LogP contribution in [0.1, 0.15) is 40.9 Å². The molecule has 1 saturated carbocycles. The number of pyridine rings is 1. The van der Waals surface area contributed by atoms with Gasteiger partial charge in [0.2, 0.25) is 11.8 Å². The van der Waals surface area contributed by atoms with Crippen molar-refractivity contribution >= 4 is 28.6 Å². The monoisotopic (exact) mass is 617 g/mol. The molecule has 1 N–H and O–H groups in total. The van der Waals surface area contributed by atoms with Crippen LogP contribution in [0, 0.1) is 5.92 Å². The van der Waals surface area contributed by atoms with E-state index in [1.165, 1.54) is 6.20 Å². The number of aromatic nitrogens is 6. The summed E-state index contributed by atoms with van der Waals surface area (Å²) in [4.78, 5) is 38.4. The number of carbonyl (C=O) groups excluding carboxylic acids is 2. The van der Waals surface area contributed by atoms with E-state index in [1.807, 2.05) is 35.2 Å². The number of oxazole rings is 1. The van der Waals surface area contributed by atoms with Gasteiger partial charge in [-0.25, -0.2) is 9.37 Å². The SMILES string of the molecule is O=C(Nc1ccc2oc(-c3ccnc(C(=O)N4CCN([C@H](c5ccccc5)c5nnn(C(F)F)n5)CC4)c3)nc2c1)[C@H]1C[C@H]1F. The van der Waals surface area contributed by atoms with Crippen LogP contribution < -0.4 is 5.32 Å². The molecule has 15 heteroatoms. The molecule has 0 unspecified atom stereocenters. The Morgan fingerprint density at radius 2 is 1.78 bits per heavy atom. The highest BCUT2D eigenvalue weighted by Crippen LogP contribution is 2.35. The Bertz CT molecular complexity index is 1860. The number of alkyl halides is 3. The van der Waals surface area contributed by atoms with E-state index in [9.17, 15) is 22.8 Å². The lowest BCUT2D eigenvalue weighted by molar-refractivity contribution is -0.117. The summed E-state index contributed by atoms with van der Waals surface area (Å²) in [5.74, 6) is -0.824. The quantitative estimate of drug-likeness (QED) is 0.273. The van der Waals surface area contributed by atoms with Crippen molar-refractivity contribution in [1.82, 2.24) is 40.0 Å². The zero-order valence-electron chi connectivity index (χ0n) is 23.6. The normalized spacial score (nSPS) is 19.2. The molecule has 2 fully saturated rings. The number of carbonyl (C=O) groups is 2. The number of rotatable bonds is 8. The molecule has 4 heterocycles. The summed E-state index contributed by atoms with van der Waals surface area (Å²) >= 11 is 0. The Hall–Kier alpha value is -5.18. The molecule has 7 rings (SSSR count). The van der Waals surface area contributed by atoms with Crippen LogP contribution in [0.25, 0.3) is 22.6 Å². The lowest BCUT2D eigenvalue weighted by Gasteiger charge is -2.38. The number of hydrogen-bond acceptors (Lipinski definition) is 9. The topological polar surface area (TPSA) is 135 Å². The van der Waals surface area contributed by atoms with Gasteiger partial charge in [-0.05, 0) is 47.5 Å². The minimum Gasteiger partial charge on any atom is -0.436 e. The van der Waals surface area contributed by atoms with Gasteiger partial charge >= 0.3 is 6.55 Å². The van der Waals surface area contributed by atoms with E-state index < -0.39 is 24.7 Å². The average Bonchev–Trinajstić information content (AvgIpc) is 3.40. The van der Waals surface area contributed by atoms with Gasteiger partial charge in [0.1, 0.15) is 17.4 Å². The standard InChI is InChI=1S/C30H26F3N9O3/c31-21-16-20(21)27(43)35-19-6-7-24-22(15-19)36-28(45-24)18-8-9-34-23(14-18)29(44)41-12-10-40(11-13-41)25(17-4-2-1-3-5-17)26-37-39-42(38-26)30(32)33/h1-9,14-15,20-21,25,30H,10-13,16H2,(H,35,43)/t20-,21+,25+/m0/s1. The molecule has 5 aromatic rings.